The van der Waals surface area contributed by atoms with Crippen LogP contribution in [0.2, 0.25) is 0 Å². The molecule has 266 valence electrons. The highest BCUT2D eigenvalue weighted by molar-refractivity contribution is 9.11. The fraction of sp³-hybridized carbons (Fsp3) is 0.500. The molecule has 5 aromatic heterocycles. The summed E-state index contributed by atoms with van der Waals surface area (Å²) >= 11 is 6.36. The van der Waals surface area contributed by atoms with Crippen molar-refractivity contribution in [1.82, 2.24) is 39.9 Å². The van der Waals surface area contributed by atoms with E-state index in [1.807, 2.05) is 19.1 Å². The Morgan fingerprint density at radius 2 is 1.36 bits per heavy atom. The molecule has 4 N–H and O–H groups in total. The fourth-order valence-corrected chi connectivity index (χ4v) is 9.91. The third kappa shape index (κ3) is 7.17. The van der Waals surface area contributed by atoms with Crippen LogP contribution in [-0.2, 0) is 4.79 Å². The van der Waals surface area contributed by atoms with E-state index in [2.05, 4.69) is 50.9 Å². The number of aromatic amines is 3. The SMILES string of the molecule is Cc1[nH]ncc1-c1cc2nc([C@@H]3CC4CCN3CC4)[nH]c(=O)c2s1.O=C(O)C(F)(F)F.O=c1[nH]c([C@@H]2CC3CCN2CC3)nc2cc(Br)sc12. The molecule has 50 heavy (non-hydrogen) atoms. The van der Waals surface area contributed by atoms with Gasteiger partial charge in [-0.3, -0.25) is 24.5 Å². The lowest BCUT2D eigenvalue weighted by atomic mass is 9.83. The van der Waals surface area contributed by atoms with Crippen molar-refractivity contribution in [3.8, 4) is 10.4 Å². The summed E-state index contributed by atoms with van der Waals surface area (Å²) in [4.78, 5) is 55.2. The van der Waals surface area contributed by atoms with Crippen molar-refractivity contribution < 1.29 is 23.1 Å². The van der Waals surface area contributed by atoms with E-state index in [-0.39, 0.29) is 17.2 Å². The van der Waals surface area contributed by atoms with Crippen LogP contribution in [0.3, 0.4) is 0 Å². The van der Waals surface area contributed by atoms with Crippen molar-refractivity contribution in [3.63, 3.8) is 0 Å². The number of alkyl halides is 3. The van der Waals surface area contributed by atoms with E-state index in [1.54, 1.807) is 6.20 Å². The molecule has 12 nitrogen and oxygen atoms in total. The van der Waals surface area contributed by atoms with E-state index >= 15 is 0 Å². The molecule has 6 aliphatic rings. The second-order valence-corrected chi connectivity index (χ2v) is 16.6. The molecule has 0 radical (unpaired) electrons. The molecule has 4 bridgehead atoms. The number of carbonyl (C=O) groups is 1. The molecule has 11 rings (SSSR count). The molecule has 0 aromatic carbocycles. The number of carboxylic acids is 1. The summed E-state index contributed by atoms with van der Waals surface area (Å²) in [6.07, 6.45) is 4.14. The van der Waals surface area contributed by atoms with Crippen molar-refractivity contribution in [2.24, 2.45) is 11.8 Å². The van der Waals surface area contributed by atoms with E-state index in [4.69, 9.17) is 14.9 Å². The molecule has 0 amide bonds. The fourth-order valence-electron chi connectivity index (χ4n) is 7.43. The highest BCUT2D eigenvalue weighted by atomic mass is 79.9. The Morgan fingerprint density at radius 1 is 0.880 bits per heavy atom. The number of aromatic nitrogens is 6. The van der Waals surface area contributed by atoms with Crippen molar-refractivity contribution in [2.75, 3.05) is 26.2 Å². The van der Waals surface area contributed by atoms with Crippen LogP contribution in [0.5, 0.6) is 0 Å². The molecule has 6 fully saturated rings. The zero-order valence-corrected chi connectivity index (χ0v) is 30.1. The van der Waals surface area contributed by atoms with Gasteiger partial charge < -0.3 is 15.1 Å². The number of halogens is 4. The van der Waals surface area contributed by atoms with Gasteiger partial charge in [-0.2, -0.15) is 18.3 Å². The lowest BCUT2D eigenvalue weighted by molar-refractivity contribution is -0.192. The molecular formula is C32H34BrF3N8O4S2. The maximum absolute atomic E-state index is 12.6. The van der Waals surface area contributed by atoms with Crippen LogP contribution in [0.25, 0.3) is 30.9 Å². The molecule has 5 aromatic rings. The van der Waals surface area contributed by atoms with Crippen LogP contribution in [0.4, 0.5) is 13.2 Å². The predicted molar refractivity (Wildman–Crippen MR) is 188 cm³/mol. The highest BCUT2D eigenvalue weighted by Gasteiger charge is 2.39. The van der Waals surface area contributed by atoms with Gasteiger partial charge in [-0.1, -0.05) is 0 Å². The van der Waals surface area contributed by atoms with Gasteiger partial charge in [0.2, 0.25) is 0 Å². The maximum atomic E-state index is 12.6. The largest absolute Gasteiger partial charge is 0.490 e. The van der Waals surface area contributed by atoms with Crippen molar-refractivity contribution >= 4 is 65.0 Å². The van der Waals surface area contributed by atoms with E-state index in [0.717, 1.165) is 93.5 Å². The molecule has 0 saturated carbocycles. The molecule has 0 spiro atoms. The monoisotopic (exact) mass is 794 g/mol. The molecule has 11 heterocycles. The summed E-state index contributed by atoms with van der Waals surface area (Å²) in [7, 11) is 0. The minimum absolute atomic E-state index is 0.00153. The number of thiophene rings is 2. The summed E-state index contributed by atoms with van der Waals surface area (Å²) < 4.78 is 34.1. The van der Waals surface area contributed by atoms with Gasteiger partial charge in [0.1, 0.15) is 21.0 Å². The first-order chi connectivity index (χ1) is 23.8. The van der Waals surface area contributed by atoms with Gasteiger partial charge in [-0.25, -0.2) is 14.8 Å². The van der Waals surface area contributed by atoms with Crippen molar-refractivity contribution in [1.29, 1.82) is 0 Å². The topological polar surface area (TPSA) is 164 Å². The average Bonchev–Trinajstić information content (AvgIpc) is 3.83. The average molecular weight is 796 g/mol. The number of H-pyrrole nitrogens is 3. The first-order valence-electron chi connectivity index (χ1n) is 16.4. The number of hydrogen-bond donors (Lipinski definition) is 4. The van der Waals surface area contributed by atoms with Crippen LogP contribution in [0.1, 0.15) is 68.0 Å². The first-order valence-corrected chi connectivity index (χ1v) is 18.8. The summed E-state index contributed by atoms with van der Waals surface area (Å²) in [6, 6.07) is 4.54. The minimum Gasteiger partial charge on any atom is -0.475 e. The Hall–Kier alpha value is -3.45. The standard InChI is InChI=1S/C17H19N5OS.C13H14BrN3OS.C2HF3O2/c1-9-11(8-18-21-9)14-7-12-15(24-14)17(23)20-16(19-12)13-6-10-2-4-22(13)5-3-10;14-10-6-8-11(19-10)13(18)16-12(15-8)9-5-7-1-3-17(9)4-2-7;3-2(4,5)1(6)7/h7-8,10,13H,2-6H2,1H3,(H,18,21)(H,19,20,23);6-7,9H,1-5H2,(H,15,16,18);(H,6,7)/t13-;9-;/m00./s1. The normalized spacial score (nSPS) is 25.6. The predicted octanol–water partition coefficient (Wildman–Crippen LogP) is 6.38. The van der Waals surface area contributed by atoms with E-state index in [9.17, 15) is 22.8 Å². The van der Waals surface area contributed by atoms with Crippen LogP contribution in [0.15, 0.2) is 31.7 Å². The van der Waals surface area contributed by atoms with Crippen LogP contribution < -0.4 is 11.1 Å². The number of carboxylic acid groups (broad SMARTS) is 1. The Labute approximate surface area is 299 Å². The third-order valence-corrected chi connectivity index (χ3v) is 12.8. The zero-order chi connectivity index (χ0) is 35.3. The van der Waals surface area contributed by atoms with Gasteiger partial charge in [0.25, 0.3) is 11.1 Å². The summed E-state index contributed by atoms with van der Waals surface area (Å²) in [5.41, 5.74) is 3.65. The maximum Gasteiger partial charge on any atom is 0.490 e. The third-order valence-electron chi connectivity index (χ3n) is 10.0. The highest BCUT2D eigenvalue weighted by Crippen LogP contribution is 2.41. The molecule has 6 saturated heterocycles. The Morgan fingerprint density at radius 3 is 1.78 bits per heavy atom. The Balaban J connectivity index is 0.000000135. The number of aliphatic carboxylic acids is 1. The first kappa shape index (κ1) is 35.0. The quantitative estimate of drug-likeness (QED) is 0.162. The molecule has 0 unspecified atom stereocenters. The number of hydrogen-bond acceptors (Lipinski definition) is 10. The number of nitrogens with one attached hydrogen (secondary N) is 3. The van der Waals surface area contributed by atoms with Crippen LogP contribution in [0, 0.1) is 18.8 Å². The lowest BCUT2D eigenvalue weighted by Crippen LogP contribution is -2.44. The van der Waals surface area contributed by atoms with Gasteiger partial charge in [0.15, 0.2) is 0 Å². The number of aryl methyl sites for hydroxylation is 1. The summed E-state index contributed by atoms with van der Waals surface area (Å²) in [6.45, 7) is 6.52. The minimum atomic E-state index is -5.08. The van der Waals surface area contributed by atoms with Crippen molar-refractivity contribution in [2.45, 2.75) is 63.7 Å². The van der Waals surface area contributed by atoms with Gasteiger partial charge >= 0.3 is 12.1 Å². The summed E-state index contributed by atoms with van der Waals surface area (Å²) in [5.74, 6) is 0.530. The molecule has 18 heteroatoms. The Bertz CT molecular complexity index is 2140. The molecule has 6 aliphatic heterocycles. The molecule has 0 aliphatic carbocycles. The number of nitrogens with zero attached hydrogens (tertiary/aromatic N) is 5. The van der Waals surface area contributed by atoms with Gasteiger partial charge in [-0.15, -0.1) is 22.7 Å². The number of rotatable bonds is 3. The molecular weight excluding hydrogens is 761 g/mol. The van der Waals surface area contributed by atoms with E-state index in [1.165, 1.54) is 48.4 Å². The van der Waals surface area contributed by atoms with Gasteiger partial charge in [-0.05, 0) is 112 Å². The zero-order valence-electron chi connectivity index (χ0n) is 26.8. The van der Waals surface area contributed by atoms with E-state index in [0.29, 0.717) is 15.4 Å². The second-order valence-electron chi connectivity index (χ2n) is 13.2. The van der Waals surface area contributed by atoms with Gasteiger partial charge in [0, 0.05) is 16.1 Å². The lowest BCUT2D eigenvalue weighted by Gasteiger charge is -2.44. The smallest absolute Gasteiger partial charge is 0.475 e. The summed E-state index contributed by atoms with van der Waals surface area (Å²) in [5, 5.41) is 14.2. The van der Waals surface area contributed by atoms with Crippen LogP contribution in [-0.4, -0.2) is 83.4 Å². The number of piperidine rings is 6. The second kappa shape index (κ2) is 13.9. The van der Waals surface area contributed by atoms with Crippen LogP contribution >= 0.6 is 38.6 Å². The van der Waals surface area contributed by atoms with E-state index < -0.39 is 12.1 Å². The number of fused-ring (bicyclic) bond motifs is 8. The Kier molecular flexibility index (Phi) is 9.75. The molecule has 2 atom stereocenters. The van der Waals surface area contributed by atoms with Gasteiger partial charge in [0.05, 0.1) is 33.1 Å². The van der Waals surface area contributed by atoms with Crippen molar-refractivity contribution in [3.05, 3.63) is 60.2 Å².